The van der Waals surface area contributed by atoms with Gasteiger partial charge in [-0.2, -0.15) is 0 Å². The van der Waals surface area contributed by atoms with E-state index in [9.17, 15) is 9.59 Å². The van der Waals surface area contributed by atoms with E-state index in [1.165, 1.54) is 10.8 Å². The Morgan fingerprint density at radius 2 is 0.962 bits per heavy atom. The fourth-order valence-corrected chi connectivity index (χ4v) is 5.33. The number of hydrogen-bond acceptors (Lipinski definition) is 6. The summed E-state index contributed by atoms with van der Waals surface area (Å²) in [4.78, 5) is 29.5. The second-order valence-electron chi connectivity index (χ2n) is 11.3. The first kappa shape index (κ1) is 45.0. The summed E-state index contributed by atoms with van der Waals surface area (Å²) < 4.78 is 0. The van der Waals surface area contributed by atoms with Gasteiger partial charge < -0.3 is 20.8 Å². The summed E-state index contributed by atoms with van der Waals surface area (Å²) in [6.07, 6.45) is 3.57. The molecule has 52 heavy (non-hydrogen) atoms. The van der Waals surface area contributed by atoms with Crippen molar-refractivity contribution in [2.24, 2.45) is 0 Å². The number of pyridine rings is 2. The zero-order valence-corrected chi connectivity index (χ0v) is 31.9. The number of carboxylic acid groups (broad SMARTS) is 2. The molecule has 2 unspecified atom stereocenters. The third kappa shape index (κ3) is 13.3. The quantitative estimate of drug-likeness (QED) is 0.106. The van der Waals surface area contributed by atoms with Gasteiger partial charge in [0.05, 0.1) is 11.0 Å². The standard InChI is InChI=1S/2C15H10N.2C5H9NO2.2CH3.B.Ir/c2*1-2-6-12(7-3-1)15-11-10-13-8-4-5-9-14(13)16-15;2*7-5(8)4-2-1-3-6-4;;;;/h2*1-6,8-11H;2*4,6H,1-3H2,(H,7,8);2*1H3;;/q2*-1;;;2*+1;;+3. The average molecular weight is 872 g/mol. The predicted molar refractivity (Wildman–Crippen MR) is 208 cm³/mol. The van der Waals surface area contributed by atoms with Crippen molar-refractivity contribution >= 4 is 42.2 Å². The molecule has 2 aliphatic rings. The Morgan fingerprint density at radius 1 is 0.577 bits per heavy atom. The van der Waals surface area contributed by atoms with Crippen molar-refractivity contribution in [2.45, 2.75) is 37.8 Å². The molecule has 265 valence electrons. The summed E-state index contributed by atoms with van der Waals surface area (Å²) in [5.74, 6) is -1.44. The molecule has 4 heterocycles. The van der Waals surface area contributed by atoms with Crippen molar-refractivity contribution in [2.75, 3.05) is 13.1 Å². The van der Waals surface area contributed by atoms with Crippen LogP contribution in [0.15, 0.2) is 121 Å². The van der Waals surface area contributed by atoms with Gasteiger partial charge in [0, 0.05) is 23.3 Å². The molecular weight excluding hydrogens is 828 g/mol. The zero-order valence-electron chi connectivity index (χ0n) is 29.5. The van der Waals surface area contributed by atoms with E-state index in [0.29, 0.717) is 0 Å². The first-order valence-corrected chi connectivity index (χ1v) is 16.1. The number of fused-ring (bicyclic) bond motifs is 2. The minimum absolute atomic E-state index is 0. The molecule has 4 aromatic carbocycles. The second-order valence-corrected chi connectivity index (χ2v) is 11.3. The van der Waals surface area contributed by atoms with Crippen LogP contribution in [0, 0.1) is 27.0 Å². The molecule has 2 atom stereocenters. The number of nitrogens with one attached hydrogen (secondary N) is 2. The van der Waals surface area contributed by atoms with Gasteiger partial charge in [0.25, 0.3) is 0 Å². The van der Waals surface area contributed by atoms with Crippen LogP contribution in [0.1, 0.15) is 25.7 Å². The maximum absolute atomic E-state index is 10.1. The first-order valence-electron chi connectivity index (χ1n) is 16.1. The molecule has 3 radical (unpaired) electrons. The minimum atomic E-state index is -0.720. The van der Waals surface area contributed by atoms with Crippen molar-refractivity contribution in [1.82, 2.24) is 20.6 Å². The number of aromatic nitrogens is 2. The monoisotopic (exact) mass is 872 g/mol. The number of carbonyl (C=O) groups is 2. The molecule has 2 aliphatic heterocycles. The fraction of sp³-hybridized carbons (Fsp3) is 0.190. The molecule has 4 N–H and O–H groups in total. The first-order chi connectivity index (χ1) is 23.5. The Bertz CT molecular complexity index is 1780. The predicted octanol–water partition coefficient (Wildman–Crippen LogP) is 7.57. The maximum atomic E-state index is 10.1. The zero-order chi connectivity index (χ0) is 33.6. The van der Waals surface area contributed by atoms with Crippen LogP contribution in [-0.2, 0) is 29.7 Å². The van der Waals surface area contributed by atoms with Gasteiger partial charge >= 0.3 is 32.0 Å². The molecule has 2 saturated heterocycles. The van der Waals surface area contributed by atoms with Crippen LogP contribution >= 0.6 is 0 Å². The van der Waals surface area contributed by atoms with Crippen molar-refractivity contribution in [3.63, 3.8) is 0 Å². The Balaban J connectivity index is 0.000000355. The van der Waals surface area contributed by atoms with Gasteiger partial charge in [-0.25, -0.2) is 0 Å². The summed E-state index contributed by atoms with van der Waals surface area (Å²) in [6, 6.07) is 46.2. The molecule has 0 bridgehead atoms. The molecule has 6 aromatic rings. The normalized spacial score (nSPS) is 15.2. The van der Waals surface area contributed by atoms with E-state index >= 15 is 0 Å². The van der Waals surface area contributed by atoms with Crippen LogP contribution in [0.3, 0.4) is 0 Å². The van der Waals surface area contributed by atoms with Crippen molar-refractivity contribution in [3.8, 4) is 22.5 Å². The molecule has 0 spiro atoms. The molecule has 8 nitrogen and oxygen atoms in total. The Hall–Kier alpha value is -4.99. The smallest absolute Gasteiger partial charge is 0.480 e. The van der Waals surface area contributed by atoms with Crippen molar-refractivity contribution in [1.29, 1.82) is 0 Å². The van der Waals surface area contributed by atoms with Gasteiger partial charge in [-0.1, -0.05) is 60.7 Å². The molecule has 8 rings (SSSR count). The molecular formula is C42H44BIrN4O4+3. The van der Waals surface area contributed by atoms with E-state index in [1.807, 2.05) is 97.1 Å². The van der Waals surface area contributed by atoms with Crippen molar-refractivity contribution in [3.05, 3.63) is 148 Å². The van der Waals surface area contributed by atoms with Gasteiger partial charge in [0.15, 0.2) is 0 Å². The summed E-state index contributed by atoms with van der Waals surface area (Å²) in [6.45, 7) is 1.72. The van der Waals surface area contributed by atoms with E-state index in [1.54, 1.807) is 0 Å². The molecule has 2 fully saturated rings. The average Bonchev–Trinajstić information content (AvgIpc) is 3.89. The summed E-state index contributed by atoms with van der Waals surface area (Å²) >= 11 is 0. The van der Waals surface area contributed by atoms with E-state index in [0.717, 1.165) is 72.3 Å². The minimum Gasteiger partial charge on any atom is -0.480 e. The number of carboxylic acids is 2. The van der Waals surface area contributed by atoms with Crippen LogP contribution in [0.5, 0.6) is 0 Å². The van der Waals surface area contributed by atoms with Gasteiger partial charge in [-0.3, -0.25) is 19.6 Å². The third-order valence-electron chi connectivity index (χ3n) is 7.88. The van der Waals surface area contributed by atoms with Gasteiger partial charge in [-0.05, 0) is 73.1 Å². The van der Waals surface area contributed by atoms with Crippen LogP contribution in [0.2, 0.25) is 0 Å². The van der Waals surface area contributed by atoms with Gasteiger partial charge in [0.2, 0.25) is 0 Å². The summed E-state index contributed by atoms with van der Waals surface area (Å²) in [5, 5.41) is 24.8. The van der Waals surface area contributed by atoms with Crippen LogP contribution < -0.4 is 10.6 Å². The van der Waals surface area contributed by atoms with Gasteiger partial charge in [0.1, 0.15) is 12.1 Å². The van der Waals surface area contributed by atoms with Crippen LogP contribution in [0.4, 0.5) is 0 Å². The van der Waals surface area contributed by atoms with Crippen LogP contribution in [0.25, 0.3) is 44.3 Å². The number of hydrogen-bond donors (Lipinski definition) is 4. The number of nitrogens with zero attached hydrogens (tertiary/aromatic N) is 2. The topological polar surface area (TPSA) is 124 Å². The molecule has 0 saturated carbocycles. The SMILES string of the molecule is O=C(O)C1CCCN1.O=C(O)C1CCCN1.[B].[CH3+].[CH3+].[Ir+3].[c-]1ccccc1-c1ccc2ccccc2n1.[c-]1ccccc1-c1ccc2ccccc2n1. The molecule has 0 aliphatic carbocycles. The number of aliphatic carboxylic acids is 2. The number of benzene rings is 4. The number of para-hydroxylation sites is 2. The Kier molecular flexibility index (Phi) is 20.3. The molecule has 2 aromatic heterocycles. The molecule has 10 heteroatoms. The van der Waals surface area contributed by atoms with E-state index in [4.69, 9.17) is 10.2 Å². The largest absolute Gasteiger partial charge is 3.00 e. The Morgan fingerprint density at radius 3 is 1.27 bits per heavy atom. The second kappa shape index (κ2) is 23.5. The van der Waals surface area contributed by atoms with Gasteiger partial charge in [-0.15, -0.1) is 71.8 Å². The van der Waals surface area contributed by atoms with Crippen molar-refractivity contribution < 1.29 is 39.9 Å². The summed E-state index contributed by atoms with van der Waals surface area (Å²) in [5.41, 5.74) is 6.06. The fourth-order valence-electron chi connectivity index (χ4n) is 5.33. The van der Waals surface area contributed by atoms with E-state index in [2.05, 4.69) is 57.0 Å². The van der Waals surface area contributed by atoms with Crippen LogP contribution in [-0.4, -0.2) is 65.7 Å². The molecule has 0 amide bonds. The third-order valence-corrected chi connectivity index (χ3v) is 7.88. The number of rotatable bonds is 4. The van der Waals surface area contributed by atoms with E-state index in [-0.39, 0.29) is 55.5 Å². The summed E-state index contributed by atoms with van der Waals surface area (Å²) in [7, 11) is 0. The maximum Gasteiger partial charge on any atom is 3.00 e. The Labute approximate surface area is 323 Å². The van der Waals surface area contributed by atoms with E-state index < -0.39 is 11.9 Å².